The van der Waals surface area contributed by atoms with E-state index in [4.69, 9.17) is 5.11 Å². The zero-order chi connectivity index (χ0) is 12.0. The average molecular weight is 247 g/mol. The number of nitrogens with one attached hydrogen (secondary N) is 1. The van der Waals surface area contributed by atoms with Crippen LogP contribution < -0.4 is 5.32 Å². The van der Waals surface area contributed by atoms with Crippen LogP contribution >= 0.6 is 11.8 Å². The normalized spacial score (nSPS) is 12.8. The molecule has 90 valence electrons. The van der Waals surface area contributed by atoms with E-state index in [1.807, 2.05) is 6.92 Å². The third-order valence-electron chi connectivity index (χ3n) is 2.05. The van der Waals surface area contributed by atoms with Crippen LogP contribution in [-0.2, 0) is 0 Å². The van der Waals surface area contributed by atoms with Gasteiger partial charge in [0.05, 0.1) is 6.61 Å². The van der Waals surface area contributed by atoms with Crippen molar-refractivity contribution < 1.29 is 13.9 Å². The number of rotatable bonds is 6. The summed E-state index contributed by atoms with van der Waals surface area (Å²) in [5.74, 6) is -0.585. The Labute approximate surface area is 98.1 Å². The van der Waals surface area contributed by atoms with Gasteiger partial charge in [0.2, 0.25) is 0 Å². The number of hydrogen-bond acceptors (Lipinski definition) is 3. The van der Waals surface area contributed by atoms with Gasteiger partial charge in [-0.3, -0.25) is 0 Å². The summed E-state index contributed by atoms with van der Waals surface area (Å²) < 4.78 is 25.9. The molecule has 1 aromatic carbocycles. The number of thioether (sulfide) groups is 1. The van der Waals surface area contributed by atoms with E-state index in [1.165, 1.54) is 23.9 Å². The Morgan fingerprint density at radius 1 is 1.44 bits per heavy atom. The Morgan fingerprint density at radius 2 is 2.19 bits per heavy atom. The fourth-order valence-corrected chi connectivity index (χ4v) is 2.21. The maximum Gasteiger partial charge on any atom is 0.139 e. The van der Waals surface area contributed by atoms with Crippen LogP contribution in [0.3, 0.4) is 0 Å². The van der Waals surface area contributed by atoms with Crippen LogP contribution in [0.25, 0.3) is 0 Å². The fraction of sp³-hybridized carbons (Fsp3) is 0.455. The third kappa shape index (κ3) is 4.08. The summed E-state index contributed by atoms with van der Waals surface area (Å²) in [5, 5.41) is 12.1. The van der Waals surface area contributed by atoms with E-state index in [9.17, 15) is 8.78 Å². The molecule has 0 heterocycles. The lowest BCUT2D eigenvalue weighted by molar-refractivity contribution is 0.255. The molecule has 0 radical (unpaired) electrons. The molecule has 0 aromatic heterocycles. The van der Waals surface area contributed by atoms with E-state index in [2.05, 4.69) is 5.32 Å². The molecular formula is C11H15F2NOS. The molecule has 16 heavy (non-hydrogen) atoms. The van der Waals surface area contributed by atoms with E-state index in [0.29, 0.717) is 10.6 Å². The summed E-state index contributed by atoms with van der Waals surface area (Å²) in [7, 11) is 0. The zero-order valence-electron chi connectivity index (χ0n) is 9.04. The first kappa shape index (κ1) is 13.4. The first-order chi connectivity index (χ1) is 7.67. The highest BCUT2D eigenvalue weighted by molar-refractivity contribution is 7.99. The van der Waals surface area contributed by atoms with Crippen LogP contribution in [0.5, 0.6) is 0 Å². The van der Waals surface area contributed by atoms with Crippen molar-refractivity contribution in [1.29, 1.82) is 0 Å². The van der Waals surface area contributed by atoms with Crippen molar-refractivity contribution in [3.05, 3.63) is 29.8 Å². The van der Waals surface area contributed by atoms with Crippen molar-refractivity contribution in [2.45, 2.75) is 17.9 Å². The summed E-state index contributed by atoms with van der Waals surface area (Å²) in [6.07, 6.45) is 0. The monoisotopic (exact) mass is 247 g/mol. The largest absolute Gasteiger partial charge is 0.395 e. The quantitative estimate of drug-likeness (QED) is 0.754. The molecule has 2 N–H and O–H groups in total. The second kappa shape index (κ2) is 6.83. The molecular weight excluding hydrogens is 232 g/mol. The molecule has 0 saturated heterocycles. The molecule has 5 heteroatoms. The van der Waals surface area contributed by atoms with Gasteiger partial charge in [-0.05, 0) is 18.7 Å². The van der Waals surface area contributed by atoms with Gasteiger partial charge in [0.15, 0.2) is 0 Å². The summed E-state index contributed by atoms with van der Waals surface area (Å²) in [6, 6.07) is 3.44. The van der Waals surface area contributed by atoms with E-state index in [-0.39, 0.29) is 12.6 Å². The molecule has 1 unspecified atom stereocenters. The van der Waals surface area contributed by atoms with Gasteiger partial charge in [-0.2, -0.15) is 0 Å². The minimum absolute atomic E-state index is 0.00362. The van der Waals surface area contributed by atoms with Crippen LogP contribution in [0.15, 0.2) is 23.1 Å². The highest BCUT2D eigenvalue weighted by atomic mass is 32.2. The second-order valence-electron chi connectivity index (χ2n) is 3.32. The Bertz CT molecular complexity index is 336. The average Bonchev–Trinajstić information content (AvgIpc) is 2.26. The molecule has 0 aliphatic heterocycles. The lowest BCUT2D eigenvalue weighted by Crippen LogP contribution is -2.34. The molecule has 0 spiro atoms. The van der Waals surface area contributed by atoms with Crippen molar-refractivity contribution in [2.24, 2.45) is 0 Å². The predicted octanol–water partition coefficient (Wildman–Crippen LogP) is 2.03. The Balaban J connectivity index is 2.53. The standard InChI is InChI=1S/C11H15F2NOS/c1-2-14-9(6-15)7-16-11-4-3-8(12)5-10(11)13/h3-5,9,14-15H,2,6-7H2,1H3. The predicted molar refractivity (Wildman–Crippen MR) is 61.6 cm³/mol. The maximum absolute atomic E-state index is 13.2. The molecule has 1 atom stereocenters. The van der Waals surface area contributed by atoms with Gasteiger partial charge in [0.1, 0.15) is 11.6 Å². The van der Waals surface area contributed by atoms with Crippen LogP contribution in [0.4, 0.5) is 8.78 Å². The van der Waals surface area contributed by atoms with Gasteiger partial charge >= 0.3 is 0 Å². The van der Waals surface area contributed by atoms with Crippen LogP contribution in [0, 0.1) is 11.6 Å². The molecule has 0 aliphatic rings. The summed E-state index contributed by atoms with van der Waals surface area (Å²) in [4.78, 5) is 0.401. The molecule has 2 nitrogen and oxygen atoms in total. The first-order valence-corrected chi connectivity index (χ1v) is 6.08. The number of hydrogen-bond donors (Lipinski definition) is 2. The van der Waals surface area contributed by atoms with Crippen LogP contribution in [0.2, 0.25) is 0 Å². The highest BCUT2D eigenvalue weighted by Crippen LogP contribution is 2.22. The zero-order valence-corrected chi connectivity index (χ0v) is 9.86. The molecule has 0 amide bonds. The first-order valence-electron chi connectivity index (χ1n) is 5.09. The smallest absolute Gasteiger partial charge is 0.139 e. The maximum atomic E-state index is 13.2. The summed E-state index contributed by atoms with van der Waals surface area (Å²) >= 11 is 1.26. The molecule has 1 aromatic rings. The topological polar surface area (TPSA) is 32.3 Å². The molecule has 0 fully saturated rings. The Morgan fingerprint density at radius 3 is 2.75 bits per heavy atom. The molecule has 0 bridgehead atoms. The SMILES string of the molecule is CCNC(CO)CSc1ccc(F)cc1F. The Hall–Kier alpha value is -0.650. The fourth-order valence-electron chi connectivity index (χ4n) is 1.25. The van der Waals surface area contributed by atoms with E-state index in [0.717, 1.165) is 12.6 Å². The van der Waals surface area contributed by atoms with E-state index < -0.39 is 11.6 Å². The minimum atomic E-state index is -0.577. The van der Waals surface area contributed by atoms with Crippen LogP contribution in [0.1, 0.15) is 6.92 Å². The van der Waals surface area contributed by atoms with Gasteiger partial charge in [0.25, 0.3) is 0 Å². The van der Waals surface area contributed by atoms with E-state index in [1.54, 1.807) is 0 Å². The van der Waals surface area contributed by atoms with E-state index >= 15 is 0 Å². The number of aliphatic hydroxyl groups excluding tert-OH is 1. The molecule has 1 rings (SSSR count). The Kier molecular flexibility index (Phi) is 5.73. The number of aliphatic hydroxyl groups is 1. The minimum Gasteiger partial charge on any atom is -0.395 e. The van der Waals surface area contributed by atoms with Gasteiger partial charge in [-0.25, -0.2) is 8.78 Å². The molecule has 0 aliphatic carbocycles. The summed E-state index contributed by atoms with van der Waals surface area (Å²) in [5.41, 5.74) is 0. The van der Waals surface area contributed by atoms with Crippen molar-refractivity contribution in [3.63, 3.8) is 0 Å². The number of likely N-dealkylation sites (N-methyl/N-ethyl adjacent to an activating group) is 1. The third-order valence-corrected chi connectivity index (χ3v) is 3.26. The van der Waals surface area contributed by atoms with Crippen molar-refractivity contribution >= 4 is 11.8 Å². The van der Waals surface area contributed by atoms with Gasteiger partial charge < -0.3 is 10.4 Å². The lowest BCUT2D eigenvalue weighted by atomic mass is 10.3. The highest BCUT2D eigenvalue weighted by Gasteiger charge is 2.09. The van der Waals surface area contributed by atoms with Crippen LogP contribution in [-0.4, -0.2) is 30.1 Å². The van der Waals surface area contributed by atoms with Crippen molar-refractivity contribution in [1.82, 2.24) is 5.32 Å². The summed E-state index contributed by atoms with van der Waals surface area (Å²) in [6.45, 7) is 2.69. The van der Waals surface area contributed by atoms with Crippen molar-refractivity contribution in [3.8, 4) is 0 Å². The lowest BCUT2D eigenvalue weighted by Gasteiger charge is -2.14. The van der Waals surface area contributed by atoms with Gasteiger partial charge in [-0.1, -0.05) is 6.92 Å². The van der Waals surface area contributed by atoms with Gasteiger partial charge in [-0.15, -0.1) is 11.8 Å². The van der Waals surface area contributed by atoms with Gasteiger partial charge in [0, 0.05) is 22.8 Å². The second-order valence-corrected chi connectivity index (χ2v) is 4.38. The number of benzene rings is 1. The molecule has 0 saturated carbocycles. The number of halogens is 2. The van der Waals surface area contributed by atoms with Crippen molar-refractivity contribution in [2.75, 3.05) is 18.9 Å².